The first kappa shape index (κ1) is 10.1. The van der Waals surface area contributed by atoms with E-state index < -0.39 is 6.16 Å². The SMILES string of the molecule is OC(O)(O)OCCc1ccccc1. The second-order valence-corrected chi connectivity index (χ2v) is 2.66. The third-order valence-electron chi connectivity index (χ3n) is 1.53. The molecule has 0 aliphatic carbocycles. The molecule has 0 saturated carbocycles. The lowest BCUT2D eigenvalue weighted by Gasteiger charge is -2.13. The van der Waals surface area contributed by atoms with Crippen LogP contribution < -0.4 is 0 Å². The smallest absolute Gasteiger partial charge is 0.319 e. The van der Waals surface area contributed by atoms with E-state index in [-0.39, 0.29) is 6.61 Å². The zero-order valence-corrected chi connectivity index (χ0v) is 7.05. The Morgan fingerprint density at radius 3 is 2.23 bits per heavy atom. The molecule has 1 rings (SSSR count). The molecule has 0 saturated heterocycles. The molecule has 0 aliphatic rings. The molecule has 0 aromatic heterocycles. The molecule has 0 bridgehead atoms. The predicted molar refractivity (Wildman–Crippen MR) is 45.5 cm³/mol. The largest absolute Gasteiger partial charge is 0.404 e. The van der Waals surface area contributed by atoms with E-state index in [4.69, 9.17) is 15.3 Å². The summed E-state index contributed by atoms with van der Waals surface area (Å²) in [4.78, 5) is 0. The first-order chi connectivity index (χ1) is 6.08. The van der Waals surface area contributed by atoms with Crippen LogP contribution in [0.1, 0.15) is 5.56 Å². The predicted octanol–water partition coefficient (Wildman–Crippen LogP) is -0.166. The number of aliphatic hydroxyl groups is 3. The van der Waals surface area contributed by atoms with Gasteiger partial charge >= 0.3 is 6.16 Å². The van der Waals surface area contributed by atoms with Crippen LogP contribution >= 0.6 is 0 Å². The van der Waals surface area contributed by atoms with Crippen LogP contribution in [0.15, 0.2) is 30.3 Å². The van der Waals surface area contributed by atoms with Crippen LogP contribution in [-0.4, -0.2) is 28.1 Å². The Labute approximate surface area is 76.0 Å². The van der Waals surface area contributed by atoms with Crippen LogP contribution in [0, 0.1) is 0 Å². The molecule has 72 valence electrons. The topological polar surface area (TPSA) is 69.9 Å². The Hall–Kier alpha value is -0.940. The maximum Gasteiger partial charge on any atom is 0.404 e. The molecule has 1 aromatic rings. The highest BCUT2D eigenvalue weighted by molar-refractivity contribution is 5.14. The summed E-state index contributed by atoms with van der Waals surface area (Å²) >= 11 is 0. The summed E-state index contributed by atoms with van der Waals surface area (Å²) in [7, 11) is 0. The molecule has 0 aliphatic heterocycles. The fourth-order valence-electron chi connectivity index (χ4n) is 0.950. The van der Waals surface area contributed by atoms with Gasteiger partial charge in [-0.3, -0.25) is 0 Å². The van der Waals surface area contributed by atoms with Gasteiger partial charge in [-0.25, -0.2) is 0 Å². The van der Waals surface area contributed by atoms with E-state index in [9.17, 15) is 0 Å². The van der Waals surface area contributed by atoms with Gasteiger partial charge in [0.05, 0.1) is 6.61 Å². The van der Waals surface area contributed by atoms with Gasteiger partial charge in [0.2, 0.25) is 0 Å². The minimum absolute atomic E-state index is 0.0491. The third-order valence-corrected chi connectivity index (χ3v) is 1.53. The minimum atomic E-state index is -3.02. The van der Waals surface area contributed by atoms with Crippen LogP contribution in [0.3, 0.4) is 0 Å². The Balaban J connectivity index is 2.29. The summed E-state index contributed by atoms with van der Waals surface area (Å²) < 4.78 is 4.30. The lowest BCUT2D eigenvalue weighted by molar-refractivity contribution is -0.454. The standard InChI is InChI=1S/C9H12O4/c10-9(11,12)13-7-6-8-4-2-1-3-5-8/h1-5,10-12H,6-7H2. The average Bonchev–Trinajstić information content (AvgIpc) is 2.04. The highest BCUT2D eigenvalue weighted by atomic mass is 16.9. The van der Waals surface area contributed by atoms with Crippen molar-refractivity contribution in [3.05, 3.63) is 35.9 Å². The molecule has 4 nitrogen and oxygen atoms in total. The van der Waals surface area contributed by atoms with Crippen molar-refractivity contribution < 1.29 is 20.1 Å². The van der Waals surface area contributed by atoms with E-state index in [2.05, 4.69) is 4.74 Å². The van der Waals surface area contributed by atoms with Gasteiger partial charge in [0, 0.05) is 0 Å². The van der Waals surface area contributed by atoms with Gasteiger partial charge in [-0.15, -0.1) is 0 Å². The molecule has 0 radical (unpaired) electrons. The van der Waals surface area contributed by atoms with Crippen molar-refractivity contribution in [1.29, 1.82) is 0 Å². The maximum atomic E-state index is 8.38. The molecular formula is C9H12O4. The number of rotatable bonds is 4. The van der Waals surface area contributed by atoms with E-state index in [0.717, 1.165) is 5.56 Å². The maximum absolute atomic E-state index is 8.38. The van der Waals surface area contributed by atoms with Gasteiger partial charge in [0.1, 0.15) is 0 Å². The van der Waals surface area contributed by atoms with Gasteiger partial charge in [0.25, 0.3) is 0 Å². The Morgan fingerprint density at radius 2 is 1.69 bits per heavy atom. The summed E-state index contributed by atoms with van der Waals surface area (Å²) in [5.41, 5.74) is 1.01. The van der Waals surface area contributed by atoms with Crippen molar-refractivity contribution in [1.82, 2.24) is 0 Å². The van der Waals surface area contributed by atoms with Crippen molar-refractivity contribution in [2.45, 2.75) is 12.6 Å². The van der Waals surface area contributed by atoms with Crippen molar-refractivity contribution in [2.75, 3.05) is 6.61 Å². The fourth-order valence-corrected chi connectivity index (χ4v) is 0.950. The molecule has 0 atom stereocenters. The molecule has 0 fully saturated rings. The lowest BCUT2D eigenvalue weighted by Crippen LogP contribution is -2.31. The highest BCUT2D eigenvalue weighted by Gasteiger charge is 2.17. The molecule has 1 aromatic carbocycles. The lowest BCUT2D eigenvalue weighted by atomic mass is 10.2. The van der Waals surface area contributed by atoms with Crippen molar-refractivity contribution in [3.8, 4) is 0 Å². The van der Waals surface area contributed by atoms with E-state index in [1.807, 2.05) is 30.3 Å². The Morgan fingerprint density at radius 1 is 1.08 bits per heavy atom. The van der Waals surface area contributed by atoms with E-state index in [1.54, 1.807) is 0 Å². The van der Waals surface area contributed by atoms with Crippen LogP contribution in [0.25, 0.3) is 0 Å². The number of ether oxygens (including phenoxy) is 1. The molecule has 4 heteroatoms. The average molecular weight is 184 g/mol. The summed E-state index contributed by atoms with van der Waals surface area (Å²) in [6, 6.07) is 9.41. The quantitative estimate of drug-likeness (QED) is 0.568. The minimum Gasteiger partial charge on any atom is -0.319 e. The van der Waals surface area contributed by atoms with E-state index in [0.29, 0.717) is 6.42 Å². The van der Waals surface area contributed by atoms with Gasteiger partial charge in [-0.05, 0) is 12.0 Å². The Kier molecular flexibility index (Phi) is 3.39. The first-order valence-corrected chi connectivity index (χ1v) is 3.93. The zero-order valence-electron chi connectivity index (χ0n) is 7.05. The third kappa shape index (κ3) is 4.59. The van der Waals surface area contributed by atoms with Crippen LogP contribution in [0.4, 0.5) is 0 Å². The normalized spacial score (nSPS) is 11.6. The van der Waals surface area contributed by atoms with Gasteiger partial charge in [0.15, 0.2) is 0 Å². The van der Waals surface area contributed by atoms with Crippen LogP contribution in [0.2, 0.25) is 0 Å². The summed E-state index contributed by atoms with van der Waals surface area (Å²) in [6.07, 6.45) is -2.50. The summed E-state index contributed by atoms with van der Waals surface area (Å²) in [6.45, 7) is 0.0491. The van der Waals surface area contributed by atoms with E-state index in [1.165, 1.54) is 0 Å². The van der Waals surface area contributed by atoms with Crippen molar-refractivity contribution in [3.63, 3.8) is 0 Å². The highest BCUT2D eigenvalue weighted by Crippen LogP contribution is 2.02. The number of hydrogen-bond donors (Lipinski definition) is 3. The summed E-state index contributed by atoms with van der Waals surface area (Å²) in [5.74, 6) is 0. The molecule has 0 spiro atoms. The zero-order chi connectivity index (χ0) is 9.73. The van der Waals surface area contributed by atoms with Crippen LogP contribution in [0.5, 0.6) is 0 Å². The molecule has 0 amide bonds. The van der Waals surface area contributed by atoms with Crippen molar-refractivity contribution in [2.24, 2.45) is 0 Å². The molecule has 3 N–H and O–H groups in total. The first-order valence-electron chi connectivity index (χ1n) is 3.93. The molecular weight excluding hydrogens is 172 g/mol. The number of hydrogen-bond acceptors (Lipinski definition) is 4. The van der Waals surface area contributed by atoms with Crippen molar-refractivity contribution >= 4 is 0 Å². The van der Waals surface area contributed by atoms with Gasteiger partial charge < -0.3 is 20.1 Å². The Bertz CT molecular complexity index is 240. The molecule has 0 heterocycles. The second-order valence-electron chi connectivity index (χ2n) is 2.66. The molecule has 0 unspecified atom stereocenters. The monoisotopic (exact) mass is 184 g/mol. The van der Waals surface area contributed by atoms with Gasteiger partial charge in [-0.2, -0.15) is 0 Å². The number of benzene rings is 1. The van der Waals surface area contributed by atoms with E-state index >= 15 is 0 Å². The summed E-state index contributed by atoms with van der Waals surface area (Å²) in [5, 5.41) is 25.2. The van der Waals surface area contributed by atoms with Crippen LogP contribution in [-0.2, 0) is 11.2 Å². The molecule has 13 heavy (non-hydrogen) atoms. The second kappa shape index (κ2) is 4.34. The van der Waals surface area contributed by atoms with Gasteiger partial charge in [-0.1, -0.05) is 30.3 Å². The fraction of sp³-hybridized carbons (Fsp3) is 0.333.